The van der Waals surface area contributed by atoms with Crippen LogP contribution in [0.25, 0.3) is 6.08 Å². The van der Waals surface area contributed by atoms with Gasteiger partial charge >= 0.3 is 0 Å². The summed E-state index contributed by atoms with van der Waals surface area (Å²) >= 11 is 1.32. The first-order valence-electron chi connectivity index (χ1n) is 6.94. The normalized spacial score (nSPS) is 18.2. The Morgan fingerprint density at radius 2 is 1.95 bits per heavy atom. The summed E-state index contributed by atoms with van der Waals surface area (Å²) in [5, 5.41) is 3.36. The van der Waals surface area contributed by atoms with Crippen LogP contribution >= 0.6 is 11.8 Å². The number of aliphatic imine (C=N–C) groups is 1. The maximum atomic E-state index is 12.0. The number of aryl methyl sites for hydroxylation is 3. The average molecular weight is 312 g/mol. The molecule has 1 fully saturated rings. The summed E-state index contributed by atoms with van der Waals surface area (Å²) in [6.07, 6.45) is 1.73. The fourth-order valence-corrected chi connectivity index (χ4v) is 2.88. The molecule has 2 aromatic rings. The Morgan fingerprint density at radius 1 is 1.14 bits per heavy atom. The van der Waals surface area contributed by atoms with Gasteiger partial charge in [-0.2, -0.15) is 0 Å². The standard InChI is InChI=1S/C17H16N2O2S/c1-10-4-6-13(8-11(10)2)18-17-19-16(20)15(22-17)9-14-7-5-12(3)21-14/h4-9H,1-3H3,(H,18,19,20)/b15-9+. The Hall–Kier alpha value is -2.27. The van der Waals surface area contributed by atoms with Crippen LogP contribution in [0.4, 0.5) is 5.69 Å². The maximum Gasteiger partial charge on any atom is 0.264 e. The molecular weight excluding hydrogens is 296 g/mol. The first-order valence-corrected chi connectivity index (χ1v) is 7.76. The molecule has 0 unspecified atom stereocenters. The summed E-state index contributed by atoms with van der Waals surface area (Å²) in [5.41, 5.74) is 3.24. The van der Waals surface area contributed by atoms with Crippen molar-refractivity contribution in [2.75, 3.05) is 0 Å². The first-order chi connectivity index (χ1) is 10.5. The van der Waals surface area contributed by atoms with E-state index in [2.05, 4.69) is 17.2 Å². The topological polar surface area (TPSA) is 54.6 Å². The van der Waals surface area contributed by atoms with Gasteiger partial charge in [-0.05, 0) is 67.9 Å². The zero-order valence-electron chi connectivity index (χ0n) is 12.6. The van der Waals surface area contributed by atoms with Crippen LogP contribution in [0.1, 0.15) is 22.6 Å². The molecule has 112 valence electrons. The minimum absolute atomic E-state index is 0.151. The molecule has 1 aliphatic rings. The van der Waals surface area contributed by atoms with Crippen molar-refractivity contribution < 1.29 is 9.21 Å². The van der Waals surface area contributed by atoms with Crippen LogP contribution < -0.4 is 5.32 Å². The number of furan rings is 1. The quantitative estimate of drug-likeness (QED) is 0.850. The molecule has 2 heterocycles. The van der Waals surface area contributed by atoms with Gasteiger partial charge < -0.3 is 9.73 Å². The second kappa shape index (κ2) is 5.85. The van der Waals surface area contributed by atoms with Crippen molar-refractivity contribution >= 4 is 34.6 Å². The number of carbonyl (C=O) groups excluding carboxylic acids is 1. The Balaban J connectivity index is 1.83. The Bertz CT molecular complexity index is 803. The van der Waals surface area contributed by atoms with Gasteiger partial charge in [0.25, 0.3) is 5.91 Å². The molecule has 0 aliphatic carbocycles. The highest BCUT2D eigenvalue weighted by atomic mass is 32.2. The summed E-state index contributed by atoms with van der Waals surface area (Å²) in [4.78, 5) is 17.0. The lowest BCUT2D eigenvalue weighted by Crippen LogP contribution is -2.19. The molecular formula is C17H16N2O2S. The maximum absolute atomic E-state index is 12.0. The van der Waals surface area contributed by atoms with Crippen molar-refractivity contribution in [3.63, 3.8) is 0 Å². The molecule has 1 aromatic heterocycles. The van der Waals surface area contributed by atoms with E-state index in [1.807, 2.05) is 44.2 Å². The molecule has 5 heteroatoms. The molecule has 22 heavy (non-hydrogen) atoms. The third kappa shape index (κ3) is 3.14. The molecule has 1 saturated heterocycles. The summed E-state index contributed by atoms with van der Waals surface area (Å²) in [7, 11) is 0. The number of nitrogens with zero attached hydrogens (tertiary/aromatic N) is 1. The van der Waals surface area contributed by atoms with Crippen molar-refractivity contribution in [3.8, 4) is 0 Å². The highest BCUT2D eigenvalue weighted by molar-refractivity contribution is 8.18. The number of hydrogen-bond acceptors (Lipinski definition) is 4. The van der Waals surface area contributed by atoms with E-state index in [0.717, 1.165) is 11.4 Å². The highest BCUT2D eigenvalue weighted by Crippen LogP contribution is 2.28. The van der Waals surface area contributed by atoms with Gasteiger partial charge in [0.1, 0.15) is 11.5 Å². The molecule has 3 rings (SSSR count). The lowest BCUT2D eigenvalue weighted by atomic mass is 10.1. The van der Waals surface area contributed by atoms with Crippen LogP contribution in [0.3, 0.4) is 0 Å². The molecule has 1 N–H and O–H groups in total. The van der Waals surface area contributed by atoms with Crippen LogP contribution in [0.15, 0.2) is 44.6 Å². The fraction of sp³-hybridized carbons (Fsp3) is 0.176. The molecule has 0 saturated carbocycles. The summed E-state index contributed by atoms with van der Waals surface area (Å²) < 4.78 is 5.47. The number of benzene rings is 1. The predicted molar refractivity (Wildman–Crippen MR) is 90.2 cm³/mol. The summed E-state index contributed by atoms with van der Waals surface area (Å²) in [6, 6.07) is 9.69. The number of carbonyl (C=O) groups is 1. The van der Waals surface area contributed by atoms with Crippen LogP contribution in [-0.4, -0.2) is 11.1 Å². The molecule has 1 aliphatic heterocycles. The molecule has 0 spiro atoms. The van der Waals surface area contributed by atoms with Gasteiger partial charge in [-0.15, -0.1) is 0 Å². The molecule has 1 amide bonds. The van der Waals surface area contributed by atoms with E-state index in [1.165, 1.54) is 22.9 Å². The van der Waals surface area contributed by atoms with Crippen molar-refractivity contribution in [1.82, 2.24) is 5.32 Å². The van der Waals surface area contributed by atoms with E-state index >= 15 is 0 Å². The third-order valence-electron chi connectivity index (χ3n) is 3.41. The number of nitrogens with one attached hydrogen (secondary N) is 1. The van der Waals surface area contributed by atoms with Gasteiger partial charge in [-0.3, -0.25) is 4.79 Å². The second-order valence-electron chi connectivity index (χ2n) is 5.20. The summed E-state index contributed by atoms with van der Waals surface area (Å²) in [5.74, 6) is 1.34. The SMILES string of the molecule is Cc1ccc(/C=C2/SC(=Nc3ccc(C)c(C)c3)NC2=O)o1. The first kappa shape index (κ1) is 14.7. The number of amides is 1. The summed E-state index contributed by atoms with van der Waals surface area (Å²) in [6.45, 7) is 5.98. The van der Waals surface area contributed by atoms with Crippen molar-refractivity contribution in [3.05, 3.63) is 57.9 Å². The predicted octanol–water partition coefficient (Wildman–Crippen LogP) is 4.10. The van der Waals surface area contributed by atoms with Gasteiger partial charge in [0.2, 0.25) is 0 Å². The van der Waals surface area contributed by atoms with E-state index in [0.29, 0.717) is 15.8 Å². The zero-order chi connectivity index (χ0) is 15.7. The smallest absolute Gasteiger partial charge is 0.264 e. The number of thioether (sulfide) groups is 1. The van der Waals surface area contributed by atoms with E-state index in [4.69, 9.17) is 4.42 Å². The van der Waals surface area contributed by atoms with Gasteiger partial charge in [0.15, 0.2) is 5.17 Å². The van der Waals surface area contributed by atoms with Gasteiger partial charge in [-0.1, -0.05) is 6.07 Å². The average Bonchev–Trinajstić information content (AvgIpc) is 3.01. The monoisotopic (exact) mass is 312 g/mol. The Morgan fingerprint density at radius 3 is 2.64 bits per heavy atom. The number of rotatable bonds is 2. The van der Waals surface area contributed by atoms with Gasteiger partial charge in [-0.25, -0.2) is 4.99 Å². The number of hydrogen-bond donors (Lipinski definition) is 1. The minimum atomic E-state index is -0.151. The molecule has 0 atom stereocenters. The Kier molecular flexibility index (Phi) is 3.90. The van der Waals surface area contributed by atoms with Crippen molar-refractivity contribution in [2.24, 2.45) is 4.99 Å². The second-order valence-corrected chi connectivity index (χ2v) is 6.23. The molecule has 0 bridgehead atoms. The van der Waals surface area contributed by atoms with Crippen LogP contribution in [-0.2, 0) is 4.79 Å². The minimum Gasteiger partial charge on any atom is -0.462 e. The van der Waals surface area contributed by atoms with Crippen molar-refractivity contribution in [1.29, 1.82) is 0 Å². The van der Waals surface area contributed by atoms with Crippen molar-refractivity contribution in [2.45, 2.75) is 20.8 Å². The van der Waals surface area contributed by atoms with Crippen LogP contribution in [0.2, 0.25) is 0 Å². The zero-order valence-corrected chi connectivity index (χ0v) is 13.5. The molecule has 4 nitrogen and oxygen atoms in total. The highest BCUT2D eigenvalue weighted by Gasteiger charge is 2.24. The lowest BCUT2D eigenvalue weighted by Gasteiger charge is -2.01. The largest absolute Gasteiger partial charge is 0.462 e. The molecule has 1 aromatic carbocycles. The van der Waals surface area contributed by atoms with E-state index in [-0.39, 0.29) is 5.91 Å². The lowest BCUT2D eigenvalue weighted by molar-refractivity contribution is -0.115. The fourth-order valence-electron chi connectivity index (χ4n) is 2.05. The van der Waals surface area contributed by atoms with Crippen LogP contribution in [0.5, 0.6) is 0 Å². The van der Waals surface area contributed by atoms with Gasteiger partial charge in [0, 0.05) is 6.08 Å². The third-order valence-corrected chi connectivity index (χ3v) is 4.32. The van der Waals surface area contributed by atoms with Crippen LogP contribution in [0, 0.1) is 20.8 Å². The van der Waals surface area contributed by atoms with E-state index in [1.54, 1.807) is 6.08 Å². The number of amidine groups is 1. The van der Waals surface area contributed by atoms with Gasteiger partial charge in [0.05, 0.1) is 10.6 Å². The van der Waals surface area contributed by atoms with E-state index < -0.39 is 0 Å². The van der Waals surface area contributed by atoms with E-state index in [9.17, 15) is 4.79 Å². The molecule has 0 radical (unpaired) electrons. The Labute approximate surface area is 133 Å².